The third-order valence-electron chi connectivity index (χ3n) is 3.63. The molecule has 2 aromatic rings. The number of hydrogen-bond acceptors (Lipinski definition) is 4. The van der Waals surface area contributed by atoms with Gasteiger partial charge in [0.2, 0.25) is 0 Å². The van der Waals surface area contributed by atoms with Crippen LogP contribution in [0.2, 0.25) is 0 Å². The van der Waals surface area contributed by atoms with Gasteiger partial charge < -0.3 is 4.74 Å². The number of nitrogens with one attached hydrogen (secondary N) is 1. The summed E-state index contributed by atoms with van der Waals surface area (Å²) < 4.78 is 6.04. The zero-order valence-electron chi connectivity index (χ0n) is 13.2. The van der Waals surface area contributed by atoms with Crippen molar-refractivity contribution in [3.63, 3.8) is 0 Å². The van der Waals surface area contributed by atoms with Gasteiger partial charge in [0, 0.05) is 10.0 Å². The number of halogens is 1. The van der Waals surface area contributed by atoms with Crippen LogP contribution in [-0.2, 0) is 9.59 Å². The molecule has 0 aliphatic carbocycles. The monoisotopic (exact) mass is 400 g/mol. The van der Waals surface area contributed by atoms with Crippen LogP contribution in [0.25, 0.3) is 6.08 Å². The van der Waals surface area contributed by atoms with Crippen molar-refractivity contribution in [3.05, 3.63) is 64.1 Å². The quantitative estimate of drug-likeness (QED) is 0.634. The van der Waals surface area contributed by atoms with Crippen LogP contribution in [0.3, 0.4) is 0 Å². The Balaban J connectivity index is 2.03. The maximum absolute atomic E-state index is 12.8. The Kier molecular flexibility index (Phi) is 4.67. The van der Waals surface area contributed by atoms with E-state index in [4.69, 9.17) is 4.74 Å². The highest BCUT2D eigenvalue weighted by Crippen LogP contribution is 2.26. The van der Waals surface area contributed by atoms with Gasteiger partial charge in [0.1, 0.15) is 11.3 Å². The summed E-state index contributed by atoms with van der Waals surface area (Å²) in [6.45, 7) is 0. The first-order valence-corrected chi connectivity index (χ1v) is 8.10. The molecule has 1 N–H and O–H groups in total. The maximum Gasteiger partial charge on any atom is 0.335 e. The second-order valence-corrected chi connectivity index (χ2v) is 6.09. The van der Waals surface area contributed by atoms with E-state index in [0.717, 1.165) is 9.37 Å². The van der Waals surface area contributed by atoms with Crippen molar-refractivity contribution in [2.24, 2.45) is 0 Å². The molecule has 25 heavy (non-hydrogen) atoms. The lowest BCUT2D eigenvalue weighted by Crippen LogP contribution is -2.54. The summed E-state index contributed by atoms with van der Waals surface area (Å²) in [6, 6.07) is 12.8. The number of amides is 4. The molecule has 7 heteroatoms. The molecule has 2 aromatic carbocycles. The lowest BCUT2D eigenvalue weighted by Gasteiger charge is -2.26. The standard InChI is InChI=1S/C18H13BrN2O4/c1-25-15-5-3-2-4-11(15)10-14-16(22)20-18(24)21(17(14)23)13-8-6-12(19)7-9-13/h2-10H,1H3,(H,20,22,24)/b14-10+. The fourth-order valence-corrected chi connectivity index (χ4v) is 2.69. The van der Waals surface area contributed by atoms with E-state index < -0.39 is 17.8 Å². The largest absolute Gasteiger partial charge is 0.496 e. The Morgan fingerprint density at radius 1 is 1.04 bits per heavy atom. The number of carbonyl (C=O) groups is 3. The predicted octanol–water partition coefficient (Wildman–Crippen LogP) is 3.12. The first-order valence-electron chi connectivity index (χ1n) is 7.31. The average Bonchev–Trinajstić information content (AvgIpc) is 2.60. The molecule has 1 aliphatic rings. The maximum atomic E-state index is 12.8. The van der Waals surface area contributed by atoms with E-state index in [2.05, 4.69) is 21.2 Å². The fraction of sp³-hybridized carbons (Fsp3) is 0.0556. The second kappa shape index (κ2) is 6.90. The number of benzene rings is 2. The van der Waals surface area contributed by atoms with Crippen LogP contribution in [0.4, 0.5) is 10.5 Å². The Morgan fingerprint density at radius 2 is 1.72 bits per heavy atom. The molecule has 3 rings (SSSR count). The molecule has 126 valence electrons. The van der Waals surface area contributed by atoms with Crippen LogP contribution < -0.4 is 15.0 Å². The van der Waals surface area contributed by atoms with Crippen molar-refractivity contribution in [3.8, 4) is 5.75 Å². The van der Waals surface area contributed by atoms with Gasteiger partial charge >= 0.3 is 6.03 Å². The van der Waals surface area contributed by atoms with Crippen molar-refractivity contribution in [2.45, 2.75) is 0 Å². The summed E-state index contributed by atoms with van der Waals surface area (Å²) in [6.07, 6.45) is 1.41. The minimum Gasteiger partial charge on any atom is -0.496 e. The highest BCUT2D eigenvalue weighted by molar-refractivity contribution is 9.10. The van der Waals surface area contributed by atoms with Gasteiger partial charge in [-0.15, -0.1) is 0 Å². The van der Waals surface area contributed by atoms with Gasteiger partial charge in [0.15, 0.2) is 0 Å². The fourth-order valence-electron chi connectivity index (χ4n) is 2.42. The molecule has 1 heterocycles. The number of urea groups is 1. The summed E-state index contributed by atoms with van der Waals surface area (Å²) in [5.41, 5.74) is 0.782. The molecule has 0 radical (unpaired) electrons. The molecule has 0 aromatic heterocycles. The molecule has 4 amide bonds. The van der Waals surface area contributed by atoms with Crippen LogP contribution in [0.15, 0.2) is 58.6 Å². The Labute approximate surface area is 152 Å². The SMILES string of the molecule is COc1ccccc1/C=C1\C(=O)NC(=O)N(c2ccc(Br)cc2)C1=O. The number of hydrogen-bond donors (Lipinski definition) is 1. The topological polar surface area (TPSA) is 75.7 Å². The van der Waals surface area contributed by atoms with Crippen LogP contribution in [0.1, 0.15) is 5.56 Å². The van der Waals surface area contributed by atoms with Gasteiger partial charge in [0.25, 0.3) is 11.8 Å². The van der Waals surface area contributed by atoms with E-state index in [1.54, 1.807) is 48.5 Å². The Hall–Kier alpha value is -2.93. The minimum absolute atomic E-state index is 0.146. The van der Waals surface area contributed by atoms with E-state index in [9.17, 15) is 14.4 Å². The van der Waals surface area contributed by atoms with Crippen molar-refractivity contribution < 1.29 is 19.1 Å². The third kappa shape index (κ3) is 3.32. The summed E-state index contributed by atoms with van der Waals surface area (Å²) in [5, 5.41) is 2.19. The molecule has 0 saturated carbocycles. The predicted molar refractivity (Wildman–Crippen MR) is 96.1 cm³/mol. The first-order chi connectivity index (χ1) is 12.0. The van der Waals surface area contributed by atoms with Crippen LogP contribution in [0, 0.1) is 0 Å². The number of anilines is 1. The van der Waals surface area contributed by atoms with Crippen molar-refractivity contribution in [1.82, 2.24) is 5.32 Å². The van der Waals surface area contributed by atoms with Crippen molar-refractivity contribution in [2.75, 3.05) is 12.0 Å². The molecule has 0 atom stereocenters. The minimum atomic E-state index is -0.783. The van der Waals surface area contributed by atoms with E-state index in [0.29, 0.717) is 17.0 Å². The second-order valence-electron chi connectivity index (χ2n) is 5.18. The normalized spacial score (nSPS) is 16.2. The number of para-hydroxylation sites is 1. The zero-order valence-corrected chi connectivity index (χ0v) is 14.7. The average molecular weight is 401 g/mol. The number of nitrogens with zero attached hydrogens (tertiary/aromatic N) is 1. The molecule has 1 saturated heterocycles. The molecule has 1 fully saturated rings. The molecule has 0 bridgehead atoms. The molecule has 1 aliphatic heterocycles. The number of carbonyl (C=O) groups excluding carboxylic acids is 3. The van der Waals surface area contributed by atoms with Gasteiger partial charge in [-0.3, -0.25) is 14.9 Å². The van der Waals surface area contributed by atoms with Crippen LogP contribution >= 0.6 is 15.9 Å². The lowest BCUT2D eigenvalue weighted by molar-refractivity contribution is -0.122. The molecule has 0 unspecified atom stereocenters. The number of ether oxygens (including phenoxy) is 1. The number of imide groups is 2. The summed E-state index contributed by atoms with van der Waals surface area (Å²) >= 11 is 3.30. The molecule has 6 nitrogen and oxygen atoms in total. The summed E-state index contributed by atoms with van der Waals surface area (Å²) in [4.78, 5) is 38.0. The van der Waals surface area contributed by atoms with Gasteiger partial charge in [-0.25, -0.2) is 9.69 Å². The van der Waals surface area contributed by atoms with Gasteiger partial charge in [-0.1, -0.05) is 34.1 Å². The highest BCUT2D eigenvalue weighted by Gasteiger charge is 2.36. The molecular formula is C18H13BrN2O4. The van der Waals surface area contributed by atoms with Crippen LogP contribution in [-0.4, -0.2) is 25.0 Å². The van der Waals surface area contributed by atoms with Gasteiger partial charge in [-0.05, 0) is 36.4 Å². The summed E-state index contributed by atoms with van der Waals surface area (Å²) in [5.74, 6) is -0.918. The number of rotatable bonds is 3. The van der Waals surface area contributed by atoms with Crippen LogP contribution in [0.5, 0.6) is 5.75 Å². The molecular weight excluding hydrogens is 388 g/mol. The number of methoxy groups -OCH3 is 1. The van der Waals surface area contributed by atoms with Gasteiger partial charge in [0.05, 0.1) is 12.8 Å². The lowest BCUT2D eigenvalue weighted by atomic mass is 10.1. The van der Waals surface area contributed by atoms with E-state index >= 15 is 0 Å². The van der Waals surface area contributed by atoms with Crippen molar-refractivity contribution >= 4 is 45.5 Å². The smallest absolute Gasteiger partial charge is 0.335 e. The summed E-state index contributed by atoms with van der Waals surface area (Å²) in [7, 11) is 1.50. The highest BCUT2D eigenvalue weighted by atomic mass is 79.9. The van der Waals surface area contributed by atoms with E-state index in [1.165, 1.54) is 13.2 Å². The Bertz CT molecular complexity index is 890. The Morgan fingerprint density at radius 3 is 2.40 bits per heavy atom. The zero-order chi connectivity index (χ0) is 18.0. The number of barbiturate groups is 1. The van der Waals surface area contributed by atoms with Crippen molar-refractivity contribution in [1.29, 1.82) is 0 Å². The van der Waals surface area contributed by atoms with E-state index in [-0.39, 0.29) is 5.57 Å². The van der Waals surface area contributed by atoms with Gasteiger partial charge in [-0.2, -0.15) is 0 Å². The van der Waals surface area contributed by atoms with E-state index in [1.807, 2.05) is 0 Å². The molecule has 0 spiro atoms. The first kappa shape index (κ1) is 16.9. The third-order valence-corrected chi connectivity index (χ3v) is 4.15.